The predicted octanol–water partition coefficient (Wildman–Crippen LogP) is 1.47. The van der Waals surface area contributed by atoms with Crippen molar-refractivity contribution in [3.63, 3.8) is 0 Å². The third-order valence-electron chi connectivity index (χ3n) is 3.26. The van der Waals surface area contributed by atoms with Crippen LogP contribution in [0, 0.1) is 5.92 Å². The summed E-state index contributed by atoms with van der Waals surface area (Å²) in [4.78, 5) is 2.71. The van der Waals surface area contributed by atoms with E-state index in [1.807, 2.05) is 0 Å². The summed E-state index contributed by atoms with van der Waals surface area (Å²) >= 11 is 0. The van der Waals surface area contributed by atoms with E-state index in [4.69, 9.17) is 0 Å². The van der Waals surface area contributed by atoms with Crippen molar-refractivity contribution in [3.8, 4) is 0 Å². The van der Waals surface area contributed by atoms with Crippen LogP contribution in [-0.4, -0.2) is 37.1 Å². The first-order valence-electron chi connectivity index (χ1n) is 5.85. The van der Waals surface area contributed by atoms with E-state index in [-0.39, 0.29) is 0 Å². The van der Waals surface area contributed by atoms with Gasteiger partial charge >= 0.3 is 0 Å². The van der Waals surface area contributed by atoms with Gasteiger partial charge in [0.05, 0.1) is 0 Å². The molecule has 0 unspecified atom stereocenters. The van der Waals surface area contributed by atoms with Crippen LogP contribution in [0.5, 0.6) is 0 Å². The van der Waals surface area contributed by atoms with Crippen LogP contribution in [-0.2, 0) is 0 Å². The van der Waals surface area contributed by atoms with Gasteiger partial charge in [-0.25, -0.2) is 0 Å². The fraction of sp³-hybridized carbons (Fsp3) is 1.00. The quantitative estimate of drug-likeness (QED) is 0.669. The third-order valence-corrected chi connectivity index (χ3v) is 3.26. The summed E-state index contributed by atoms with van der Waals surface area (Å²) in [6, 6.07) is 0.966. The van der Waals surface area contributed by atoms with Crippen LogP contribution >= 0.6 is 0 Å². The van der Waals surface area contributed by atoms with Crippen LogP contribution in [0.25, 0.3) is 0 Å². The second kappa shape index (κ2) is 4.43. The van der Waals surface area contributed by atoms with Crippen molar-refractivity contribution in [1.82, 2.24) is 10.2 Å². The lowest BCUT2D eigenvalue weighted by Gasteiger charge is -2.30. The molecule has 2 rings (SSSR count). The number of nitrogens with one attached hydrogen (secondary N) is 1. The van der Waals surface area contributed by atoms with Crippen molar-refractivity contribution < 1.29 is 0 Å². The van der Waals surface area contributed by atoms with Crippen molar-refractivity contribution in [3.05, 3.63) is 0 Å². The van der Waals surface area contributed by atoms with Gasteiger partial charge in [-0.2, -0.15) is 0 Å². The Kier molecular flexibility index (Phi) is 3.23. The van der Waals surface area contributed by atoms with E-state index in [9.17, 15) is 0 Å². The maximum absolute atomic E-state index is 3.34. The fourth-order valence-corrected chi connectivity index (χ4v) is 2.10. The average molecular weight is 182 g/mol. The van der Waals surface area contributed by atoms with E-state index in [0.29, 0.717) is 0 Å². The maximum atomic E-state index is 3.34. The summed E-state index contributed by atoms with van der Waals surface area (Å²) < 4.78 is 0. The molecular weight excluding hydrogens is 160 g/mol. The molecular formula is C11H22N2. The summed E-state index contributed by atoms with van der Waals surface area (Å²) in [5.41, 5.74) is 0. The molecule has 0 aromatic heterocycles. The van der Waals surface area contributed by atoms with Crippen molar-refractivity contribution >= 4 is 0 Å². The highest BCUT2D eigenvalue weighted by Gasteiger charge is 2.28. The van der Waals surface area contributed by atoms with Crippen LogP contribution in [0.1, 0.15) is 32.6 Å². The topological polar surface area (TPSA) is 15.3 Å². The van der Waals surface area contributed by atoms with Crippen molar-refractivity contribution in [1.29, 1.82) is 0 Å². The zero-order valence-corrected chi connectivity index (χ0v) is 8.76. The minimum Gasteiger partial charge on any atom is -0.316 e. The van der Waals surface area contributed by atoms with Crippen molar-refractivity contribution in [2.24, 2.45) is 5.92 Å². The lowest BCUT2D eigenvalue weighted by Crippen LogP contribution is -2.44. The van der Waals surface area contributed by atoms with Gasteiger partial charge < -0.3 is 10.2 Å². The van der Waals surface area contributed by atoms with Crippen LogP contribution in [0.3, 0.4) is 0 Å². The Morgan fingerprint density at radius 1 is 1.23 bits per heavy atom. The van der Waals surface area contributed by atoms with E-state index in [2.05, 4.69) is 17.1 Å². The molecule has 0 spiro atoms. The normalized spacial score (nSPS) is 23.5. The fourth-order valence-electron chi connectivity index (χ4n) is 2.10. The Morgan fingerprint density at radius 2 is 2.00 bits per heavy atom. The highest BCUT2D eigenvalue weighted by atomic mass is 15.2. The number of hydrogen-bond donors (Lipinski definition) is 1. The zero-order valence-electron chi connectivity index (χ0n) is 8.76. The molecule has 1 saturated carbocycles. The highest BCUT2D eigenvalue weighted by Crippen LogP contribution is 2.27. The van der Waals surface area contributed by atoms with Crippen LogP contribution in [0.2, 0.25) is 0 Å². The minimum atomic E-state index is 0.966. The largest absolute Gasteiger partial charge is 0.316 e. The van der Waals surface area contributed by atoms with E-state index < -0.39 is 0 Å². The molecule has 1 heterocycles. The third kappa shape index (κ3) is 2.68. The highest BCUT2D eigenvalue weighted by molar-refractivity contribution is 4.85. The molecule has 0 radical (unpaired) electrons. The summed E-state index contributed by atoms with van der Waals surface area (Å²) in [6.45, 7) is 7.51. The van der Waals surface area contributed by atoms with Gasteiger partial charge in [-0.05, 0) is 57.8 Å². The molecule has 1 aliphatic carbocycles. The average Bonchev–Trinajstić information content (AvgIpc) is 2.82. The standard InChI is InChI=1S/C11H22N2/c1-2-6-13(11-3-4-11)7-5-10-8-12-9-10/h10-12H,2-9H2,1H3. The Morgan fingerprint density at radius 3 is 2.46 bits per heavy atom. The van der Waals surface area contributed by atoms with Crippen LogP contribution in [0.4, 0.5) is 0 Å². The van der Waals surface area contributed by atoms with Gasteiger partial charge in [0, 0.05) is 6.04 Å². The summed E-state index contributed by atoms with van der Waals surface area (Å²) in [5.74, 6) is 0.984. The summed E-state index contributed by atoms with van der Waals surface area (Å²) in [5, 5.41) is 3.34. The first-order valence-corrected chi connectivity index (χ1v) is 5.85. The number of rotatable bonds is 6. The molecule has 0 bridgehead atoms. The van der Waals surface area contributed by atoms with E-state index >= 15 is 0 Å². The van der Waals surface area contributed by atoms with Gasteiger partial charge in [0.2, 0.25) is 0 Å². The maximum Gasteiger partial charge on any atom is 0.00964 e. The molecule has 0 aromatic carbocycles. The Hall–Kier alpha value is -0.0800. The number of hydrogen-bond acceptors (Lipinski definition) is 2. The minimum absolute atomic E-state index is 0.966. The second-order valence-corrected chi connectivity index (χ2v) is 4.58. The molecule has 2 heteroatoms. The second-order valence-electron chi connectivity index (χ2n) is 4.58. The zero-order chi connectivity index (χ0) is 9.10. The molecule has 2 aliphatic rings. The lowest BCUT2D eigenvalue weighted by atomic mass is 9.99. The molecule has 1 aliphatic heterocycles. The van der Waals surface area contributed by atoms with Gasteiger partial charge in [0.25, 0.3) is 0 Å². The van der Waals surface area contributed by atoms with E-state index in [1.54, 1.807) is 0 Å². The van der Waals surface area contributed by atoms with E-state index in [0.717, 1.165) is 12.0 Å². The summed E-state index contributed by atoms with van der Waals surface area (Å²) in [6.07, 6.45) is 5.66. The monoisotopic (exact) mass is 182 g/mol. The van der Waals surface area contributed by atoms with Gasteiger partial charge in [0.15, 0.2) is 0 Å². The molecule has 0 aromatic rings. The van der Waals surface area contributed by atoms with Crippen molar-refractivity contribution in [2.75, 3.05) is 26.2 Å². The summed E-state index contributed by atoms with van der Waals surface area (Å²) in [7, 11) is 0. The van der Waals surface area contributed by atoms with Crippen molar-refractivity contribution in [2.45, 2.75) is 38.6 Å². The van der Waals surface area contributed by atoms with E-state index in [1.165, 1.54) is 51.9 Å². The van der Waals surface area contributed by atoms with Crippen LogP contribution < -0.4 is 5.32 Å². The molecule has 0 amide bonds. The molecule has 2 fully saturated rings. The first kappa shape index (κ1) is 9.47. The molecule has 13 heavy (non-hydrogen) atoms. The SMILES string of the molecule is CCCN(CCC1CNC1)C1CC1. The Balaban J connectivity index is 1.63. The van der Waals surface area contributed by atoms with Crippen LogP contribution in [0.15, 0.2) is 0 Å². The first-order chi connectivity index (χ1) is 6.40. The van der Waals surface area contributed by atoms with Gasteiger partial charge in [-0.3, -0.25) is 0 Å². The number of nitrogens with zero attached hydrogens (tertiary/aromatic N) is 1. The van der Waals surface area contributed by atoms with Gasteiger partial charge in [0.1, 0.15) is 0 Å². The van der Waals surface area contributed by atoms with Gasteiger partial charge in [-0.15, -0.1) is 0 Å². The molecule has 1 saturated heterocycles. The molecule has 76 valence electrons. The Labute approximate surface area is 81.7 Å². The smallest absolute Gasteiger partial charge is 0.00964 e. The molecule has 1 N–H and O–H groups in total. The molecule has 0 atom stereocenters. The lowest BCUT2D eigenvalue weighted by molar-refractivity contribution is 0.218. The Bertz CT molecular complexity index is 150. The predicted molar refractivity (Wildman–Crippen MR) is 55.9 cm³/mol. The molecule has 2 nitrogen and oxygen atoms in total. The van der Waals surface area contributed by atoms with Gasteiger partial charge in [-0.1, -0.05) is 6.92 Å².